The van der Waals surface area contributed by atoms with Crippen LogP contribution in [0.4, 0.5) is 0 Å². The minimum Gasteiger partial charge on any atom is -0.255 e. The van der Waals surface area contributed by atoms with E-state index in [9.17, 15) is 0 Å². The van der Waals surface area contributed by atoms with Crippen molar-refractivity contribution in [2.24, 2.45) is 10.2 Å². The molecule has 0 unspecified atom stereocenters. The van der Waals surface area contributed by atoms with Crippen LogP contribution in [0.5, 0.6) is 0 Å². The molecule has 1 aromatic heterocycles. The largest absolute Gasteiger partial charge is 0.255 e. The maximum absolute atomic E-state index is 4.41. The van der Waals surface area contributed by atoms with Gasteiger partial charge >= 0.3 is 0 Å². The Balaban J connectivity index is 1.96. The molecule has 0 N–H and O–H groups in total. The van der Waals surface area contributed by atoms with Gasteiger partial charge in [0, 0.05) is 17.3 Å². The van der Waals surface area contributed by atoms with Gasteiger partial charge in [-0.25, -0.2) is 0 Å². The first-order valence-electron chi connectivity index (χ1n) is 7.06. The zero-order chi connectivity index (χ0) is 15.0. The second kappa shape index (κ2) is 7.09. The molecule has 0 spiro atoms. The van der Waals surface area contributed by atoms with Crippen LogP contribution in [0, 0.1) is 0 Å². The van der Waals surface area contributed by atoms with Crippen LogP contribution in [-0.2, 0) is 0 Å². The van der Waals surface area contributed by atoms with Crippen LogP contribution < -0.4 is 0 Å². The topological polar surface area (TPSA) is 37.6 Å². The molecule has 3 heteroatoms. The molecule has 0 aliphatic carbocycles. The highest BCUT2D eigenvalue weighted by Gasteiger charge is 2.05. The van der Waals surface area contributed by atoms with Crippen LogP contribution in [0.1, 0.15) is 16.8 Å². The van der Waals surface area contributed by atoms with Gasteiger partial charge in [0.25, 0.3) is 0 Å². The number of rotatable bonds is 4. The third-order valence-corrected chi connectivity index (χ3v) is 3.13. The average molecular weight is 285 g/mol. The van der Waals surface area contributed by atoms with Gasteiger partial charge in [-0.3, -0.25) is 4.98 Å². The molecular weight excluding hydrogens is 270 g/mol. The Bertz CT molecular complexity index is 722. The SMILES string of the molecule is C(=N/N=C(c1ccccc1)c1ccccc1)/c1ccccn1. The quantitative estimate of drug-likeness (QED) is 0.528. The Labute approximate surface area is 129 Å². The van der Waals surface area contributed by atoms with E-state index < -0.39 is 0 Å². The Morgan fingerprint density at radius 2 is 1.32 bits per heavy atom. The summed E-state index contributed by atoms with van der Waals surface area (Å²) in [5.74, 6) is 0. The zero-order valence-electron chi connectivity index (χ0n) is 12.0. The summed E-state index contributed by atoms with van der Waals surface area (Å²) < 4.78 is 0. The summed E-state index contributed by atoms with van der Waals surface area (Å²) in [5, 5.41) is 8.60. The van der Waals surface area contributed by atoms with Gasteiger partial charge in [-0.2, -0.15) is 5.10 Å². The Morgan fingerprint density at radius 1 is 0.727 bits per heavy atom. The van der Waals surface area contributed by atoms with E-state index in [4.69, 9.17) is 0 Å². The van der Waals surface area contributed by atoms with E-state index >= 15 is 0 Å². The van der Waals surface area contributed by atoms with E-state index in [2.05, 4.69) is 15.2 Å². The first kappa shape index (κ1) is 13.9. The van der Waals surface area contributed by atoms with Crippen molar-refractivity contribution in [1.29, 1.82) is 0 Å². The van der Waals surface area contributed by atoms with Gasteiger partial charge in [0.05, 0.1) is 11.9 Å². The lowest BCUT2D eigenvalue weighted by Crippen LogP contribution is -2.02. The van der Waals surface area contributed by atoms with E-state index in [1.807, 2.05) is 78.9 Å². The maximum Gasteiger partial charge on any atom is 0.100 e. The third-order valence-electron chi connectivity index (χ3n) is 3.13. The summed E-state index contributed by atoms with van der Waals surface area (Å²) in [4.78, 5) is 4.20. The predicted octanol–water partition coefficient (Wildman–Crippen LogP) is 3.95. The molecule has 0 amide bonds. The summed E-state index contributed by atoms with van der Waals surface area (Å²) in [6.45, 7) is 0. The van der Waals surface area contributed by atoms with Crippen LogP contribution >= 0.6 is 0 Å². The predicted molar refractivity (Wildman–Crippen MR) is 90.4 cm³/mol. The monoisotopic (exact) mass is 285 g/mol. The van der Waals surface area contributed by atoms with Crippen molar-refractivity contribution in [2.45, 2.75) is 0 Å². The minimum atomic E-state index is 0.784. The fourth-order valence-corrected chi connectivity index (χ4v) is 2.07. The first-order valence-corrected chi connectivity index (χ1v) is 7.06. The Hall–Kier alpha value is -3.07. The fourth-order valence-electron chi connectivity index (χ4n) is 2.07. The second-order valence-corrected chi connectivity index (χ2v) is 4.68. The van der Waals surface area contributed by atoms with Crippen molar-refractivity contribution in [3.63, 3.8) is 0 Å². The van der Waals surface area contributed by atoms with Gasteiger partial charge in [-0.05, 0) is 12.1 Å². The lowest BCUT2D eigenvalue weighted by molar-refractivity contribution is 1.22. The van der Waals surface area contributed by atoms with Crippen molar-refractivity contribution in [3.8, 4) is 0 Å². The summed E-state index contributed by atoms with van der Waals surface area (Å²) in [6.07, 6.45) is 3.40. The highest BCUT2D eigenvalue weighted by Crippen LogP contribution is 2.11. The highest BCUT2D eigenvalue weighted by atomic mass is 15.2. The zero-order valence-corrected chi connectivity index (χ0v) is 12.0. The maximum atomic E-state index is 4.41. The molecule has 0 aliphatic rings. The Morgan fingerprint density at radius 3 is 1.86 bits per heavy atom. The number of benzene rings is 2. The van der Waals surface area contributed by atoms with Crippen LogP contribution in [0.15, 0.2) is 95.3 Å². The minimum absolute atomic E-state index is 0.784. The van der Waals surface area contributed by atoms with Crippen molar-refractivity contribution < 1.29 is 0 Å². The average Bonchev–Trinajstić information content (AvgIpc) is 2.61. The summed E-state index contributed by atoms with van der Waals surface area (Å²) in [5.41, 5.74) is 3.69. The van der Waals surface area contributed by atoms with E-state index in [1.165, 1.54) is 0 Å². The number of aromatic nitrogens is 1. The normalized spacial score (nSPS) is 10.5. The smallest absolute Gasteiger partial charge is 0.100 e. The van der Waals surface area contributed by atoms with Crippen LogP contribution in [0.25, 0.3) is 0 Å². The molecule has 0 radical (unpaired) electrons. The molecule has 3 aromatic rings. The standard InChI is InChI=1S/C19H15N3/c1-3-9-16(10-4-1)19(17-11-5-2-6-12-17)22-21-15-18-13-7-8-14-20-18/h1-15H/b21-15-. The van der Waals surface area contributed by atoms with E-state index in [0.717, 1.165) is 22.5 Å². The van der Waals surface area contributed by atoms with Crippen LogP contribution in [-0.4, -0.2) is 16.9 Å². The van der Waals surface area contributed by atoms with E-state index in [1.54, 1.807) is 12.4 Å². The highest BCUT2D eigenvalue weighted by molar-refractivity contribution is 6.12. The van der Waals surface area contributed by atoms with Gasteiger partial charge in [-0.15, -0.1) is 5.10 Å². The molecule has 3 nitrogen and oxygen atoms in total. The fraction of sp³-hybridized carbons (Fsp3) is 0. The van der Waals surface area contributed by atoms with Crippen molar-refractivity contribution in [3.05, 3.63) is 102 Å². The van der Waals surface area contributed by atoms with Crippen molar-refractivity contribution >= 4 is 11.9 Å². The molecule has 0 saturated carbocycles. The number of pyridine rings is 1. The van der Waals surface area contributed by atoms with Gasteiger partial charge < -0.3 is 0 Å². The molecule has 1 heterocycles. The lowest BCUT2D eigenvalue weighted by atomic mass is 10.0. The summed E-state index contributed by atoms with van der Waals surface area (Å²) >= 11 is 0. The number of hydrogen-bond acceptors (Lipinski definition) is 3. The number of nitrogens with zero attached hydrogens (tertiary/aromatic N) is 3. The van der Waals surface area contributed by atoms with E-state index in [-0.39, 0.29) is 0 Å². The second-order valence-electron chi connectivity index (χ2n) is 4.68. The Kier molecular flexibility index (Phi) is 4.47. The van der Waals surface area contributed by atoms with Crippen molar-refractivity contribution in [2.75, 3.05) is 0 Å². The number of hydrogen-bond donors (Lipinski definition) is 0. The molecule has 0 saturated heterocycles. The summed E-state index contributed by atoms with van der Waals surface area (Å²) in [6, 6.07) is 25.8. The third kappa shape index (κ3) is 3.52. The molecule has 2 aromatic carbocycles. The van der Waals surface area contributed by atoms with E-state index in [0.29, 0.717) is 0 Å². The van der Waals surface area contributed by atoms with Crippen LogP contribution in [0.3, 0.4) is 0 Å². The molecule has 0 bridgehead atoms. The van der Waals surface area contributed by atoms with Gasteiger partial charge in [-0.1, -0.05) is 66.7 Å². The van der Waals surface area contributed by atoms with Gasteiger partial charge in [0.15, 0.2) is 0 Å². The van der Waals surface area contributed by atoms with Gasteiger partial charge in [0.2, 0.25) is 0 Å². The lowest BCUT2D eigenvalue weighted by Gasteiger charge is -2.04. The van der Waals surface area contributed by atoms with Crippen molar-refractivity contribution in [1.82, 2.24) is 4.98 Å². The molecular formula is C19H15N3. The molecule has 3 rings (SSSR count). The molecule has 0 atom stereocenters. The molecule has 22 heavy (non-hydrogen) atoms. The van der Waals surface area contributed by atoms with Gasteiger partial charge in [0.1, 0.15) is 5.71 Å². The molecule has 0 fully saturated rings. The molecule has 0 aliphatic heterocycles. The molecule has 106 valence electrons. The summed E-state index contributed by atoms with van der Waals surface area (Å²) in [7, 11) is 0. The van der Waals surface area contributed by atoms with Crippen LogP contribution in [0.2, 0.25) is 0 Å². The first-order chi connectivity index (χ1) is 10.9.